The molecule has 0 aromatic heterocycles. The molecule has 0 radical (unpaired) electrons. The minimum Gasteiger partial charge on any atom is -0.323 e. The first-order chi connectivity index (χ1) is 8.72. The number of hydrazine groups is 1. The molecule has 0 saturated carbocycles. The van der Waals surface area contributed by atoms with Crippen molar-refractivity contribution in [2.75, 3.05) is 5.43 Å². The number of benzene rings is 1. The summed E-state index contributed by atoms with van der Waals surface area (Å²) >= 11 is 1.66. The highest BCUT2D eigenvalue weighted by Gasteiger charge is 2.06. The highest BCUT2D eigenvalue weighted by atomic mass is 32.2. The second kappa shape index (κ2) is 7.65. The number of allylic oxidation sites excluding steroid dienone is 4. The van der Waals surface area contributed by atoms with Crippen LogP contribution in [0.4, 0.5) is 5.69 Å². The lowest BCUT2D eigenvalue weighted by molar-refractivity contribution is 1.28. The molecule has 0 spiro atoms. The second-order valence-corrected chi connectivity index (χ2v) is 4.87. The molecule has 0 aliphatic heterocycles. The molecule has 3 N–H and O–H groups in total. The van der Waals surface area contributed by atoms with Crippen LogP contribution in [0.2, 0.25) is 0 Å². The van der Waals surface area contributed by atoms with Crippen molar-refractivity contribution in [1.29, 1.82) is 0 Å². The van der Waals surface area contributed by atoms with E-state index in [4.69, 9.17) is 12.3 Å². The van der Waals surface area contributed by atoms with Crippen LogP contribution in [0.5, 0.6) is 0 Å². The topological polar surface area (TPSA) is 38.0 Å². The van der Waals surface area contributed by atoms with Gasteiger partial charge in [-0.3, -0.25) is 5.84 Å². The van der Waals surface area contributed by atoms with Crippen molar-refractivity contribution in [2.24, 2.45) is 5.84 Å². The predicted octanol–water partition coefficient (Wildman–Crippen LogP) is 3.94. The molecule has 0 aliphatic carbocycles. The molecule has 3 heteroatoms. The van der Waals surface area contributed by atoms with Crippen LogP contribution in [0.1, 0.15) is 20.3 Å². The zero-order valence-corrected chi connectivity index (χ0v) is 11.6. The Bertz CT molecular complexity index is 495. The van der Waals surface area contributed by atoms with Crippen molar-refractivity contribution in [3.05, 3.63) is 46.9 Å². The van der Waals surface area contributed by atoms with E-state index < -0.39 is 0 Å². The molecule has 0 unspecified atom stereocenters. The van der Waals surface area contributed by atoms with Crippen LogP contribution < -0.4 is 11.3 Å². The summed E-state index contributed by atoms with van der Waals surface area (Å²) in [7, 11) is 0. The Kier molecular flexibility index (Phi) is 6.13. The van der Waals surface area contributed by atoms with E-state index in [1.54, 1.807) is 11.8 Å². The third-order valence-corrected chi connectivity index (χ3v) is 3.68. The quantitative estimate of drug-likeness (QED) is 0.276. The minimum atomic E-state index is 0.625. The van der Waals surface area contributed by atoms with Gasteiger partial charge in [-0.25, -0.2) is 0 Å². The lowest BCUT2D eigenvalue weighted by atomic mass is 10.2. The predicted molar refractivity (Wildman–Crippen MR) is 81.1 cm³/mol. The number of nitrogen functional groups attached to an aromatic ring is 1. The van der Waals surface area contributed by atoms with Crippen molar-refractivity contribution in [3.8, 4) is 12.3 Å². The zero-order chi connectivity index (χ0) is 13.4. The lowest BCUT2D eigenvalue weighted by Gasteiger charge is -2.11. The summed E-state index contributed by atoms with van der Waals surface area (Å²) in [5, 5.41) is 0. The van der Waals surface area contributed by atoms with E-state index in [0.717, 1.165) is 10.6 Å². The van der Waals surface area contributed by atoms with Crippen LogP contribution in [-0.2, 0) is 0 Å². The van der Waals surface area contributed by atoms with Crippen LogP contribution in [0, 0.1) is 12.3 Å². The summed E-state index contributed by atoms with van der Waals surface area (Å²) in [4.78, 5) is 2.24. The van der Waals surface area contributed by atoms with Gasteiger partial charge in [0.25, 0.3) is 0 Å². The molecular formula is C15H18N2S. The molecular weight excluding hydrogens is 240 g/mol. The summed E-state index contributed by atoms with van der Waals surface area (Å²) in [6, 6.07) is 7.91. The van der Waals surface area contributed by atoms with Crippen LogP contribution in [0.15, 0.2) is 51.8 Å². The molecule has 0 amide bonds. The van der Waals surface area contributed by atoms with Crippen molar-refractivity contribution in [2.45, 2.75) is 25.2 Å². The molecule has 0 fully saturated rings. The van der Waals surface area contributed by atoms with Crippen molar-refractivity contribution in [1.82, 2.24) is 0 Å². The Morgan fingerprint density at radius 1 is 1.50 bits per heavy atom. The van der Waals surface area contributed by atoms with Gasteiger partial charge in [0.1, 0.15) is 0 Å². The number of hydrogen-bond donors (Lipinski definition) is 2. The molecule has 0 heterocycles. The number of anilines is 1. The summed E-state index contributed by atoms with van der Waals surface area (Å²) in [5.41, 5.74) is 4.80. The highest BCUT2D eigenvalue weighted by Crippen LogP contribution is 2.35. The third kappa shape index (κ3) is 3.99. The highest BCUT2D eigenvalue weighted by molar-refractivity contribution is 8.03. The van der Waals surface area contributed by atoms with Gasteiger partial charge in [0.15, 0.2) is 0 Å². The van der Waals surface area contributed by atoms with Crippen LogP contribution >= 0.6 is 11.8 Å². The molecule has 0 atom stereocenters. The molecule has 0 bridgehead atoms. The lowest BCUT2D eigenvalue weighted by Crippen LogP contribution is -2.07. The maximum atomic E-state index is 5.50. The van der Waals surface area contributed by atoms with E-state index in [1.807, 2.05) is 37.3 Å². The van der Waals surface area contributed by atoms with Gasteiger partial charge in [-0.1, -0.05) is 36.0 Å². The van der Waals surface area contributed by atoms with E-state index in [-0.39, 0.29) is 0 Å². The smallest absolute Gasteiger partial charge is 0.0624 e. The standard InChI is InChI=1S/C15H18N2S/c1-4-8-12(3)14(9-5-2)18-15-11-7-6-10-13(15)17-16/h2,4,6-8,10-11,17H,9,16H2,1,3H3/b8-4-,14-12+. The largest absolute Gasteiger partial charge is 0.323 e. The number of terminal acetylenes is 1. The summed E-state index contributed by atoms with van der Waals surface area (Å²) in [6.45, 7) is 4.06. The average Bonchev–Trinajstić information content (AvgIpc) is 2.39. The fourth-order valence-electron chi connectivity index (χ4n) is 1.50. The first-order valence-electron chi connectivity index (χ1n) is 5.72. The SMILES string of the molecule is C#CC/C(Sc1ccccc1NN)=C(C)\C=C/C. The zero-order valence-electron chi connectivity index (χ0n) is 10.7. The van der Waals surface area contributed by atoms with E-state index in [9.17, 15) is 0 Å². The average molecular weight is 258 g/mol. The van der Waals surface area contributed by atoms with Gasteiger partial charge in [-0.15, -0.1) is 12.3 Å². The number of nitrogens with two attached hydrogens (primary N) is 1. The molecule has 2 nitrogen and oxygen atoms in total. The Balaban J connectivity index is 3.05. The fourth-order valence-corrected chi connectivity index (χ4v) is 2.53. The van der Waals surface area contributed by atoms with Crippen LogP contribution in [0.3, 0.4) is 0 Å². The minimum absolute atomic E-state index is 0.625. The molecule has 18 heavy (non-hydrogen) atoms. The number of thioether (sulfide) groups is 1. The van der Waals surface area contributed by atoms with Gasteiger partial charge in [0, 0.05) is 16.2 Å². The number of rotatable bonds is 5. The molecule has 0 aliphatic rings. The molecule has 1 aromatic carbocycles. The fraction of sp³-hybridized carbons (Fsp3) is 0.200. The molecule has 94 valence electrons. The van der Waals surface area contributed by atoms with Crippen molar-refractivity contribution in [3.63, 3.8) is 0 Å². The Morgan fingerprint density at radius 2 is 2.22 bits per heavy atom. The molecule has 1 rings (SSSR count). The maximum Gasteiger partial charge on any atom is 0.0624 e. The van der Waals surface area contributed by atoms with E-state index in [1.165, 1.54) is 10.5 Å². The van der Waals surface area contributed by atoms with Crippen molar-refractivity contribution < 1.29 is 0 Å². The first kappa shape index (κ1) is 14.4. The third-order valence-electron chi connectivity index (χ3n) is 2.39. The van der Waals surface area contributed by atoms with Gasteiger partial charge in [0.2, 0.25) is 0 Å². The molecule has 0 saturated heterocycles. The van der Waals surface area contributed by atoms with E-state index >= 15 is 0 Å². The molecule has 1 aromatic rings. The number of nitrogens with one attached hydrogen (secondary N) is 1. The van der Waals surface area contributed by atoms with Gasteiger partial charge < -0.3 is 5.43 Å². The van der Waals surface area contributed by atoms with Gasteiger partial charge >= 0.3 is 0 Å². The van der Waals surface area contributed by atoms with E-state index in [2.05, 4.69) is 24.3 Å². The maximum absolute atomic E-state index is 5.50. The Morgan fingerprint density at radius 3 is 2.83 bits per heavy atom. The van der Waals surface area contributed by atoms with E-state index in [0.29, 0.717) is 6.42 Å². The Labute approximate surface area is 113 Å². The van der Waals surface area contributed by atoms with Gasteiger partial charge in [0.05, 0.1) is 5.69 Å². The first-order valence-corrected chi connectivity index (χ1v) is 6.54. The van der Waals surface area contributed by atoms with Crippen LogP contribution in [0.25, 0.3) is 0 Å². The van der Waals surface area contributed by atoms with Gasteiger partial charge in [-0.05, 0) is 31.6 Å². The monoisotopic (exact) mass is 258 g/mol. The van der Waals surface area contributed by atoms with Crippen molar-refractivity contribution >= 4 is 17.4 Å². The summed E-state index contributed by atoms with van der Waals surface area (Å²) in [5.74, 6) is 8.20. The summed E-state index contributed by atoms with van der Waals surface area (Å²) in [6.07, 6.45) is 10.1. The number of para-hydroxylation sites is 1. The summed E-state index contributed by atoms with van der Waals surface area (Å²) < 4.78 is 0. The second-order valence-electron chi connectivity index (χ2n) is 3.73. The van der Waals surface area contributed by atoms with Crippen LogP contribution in [-0.4, -0.2) is 0 Å². The number of hydrogen-bond acceptors (Lipinski definition) is 3. The Hall–Kier alpha value is -1.63. The normalized spacial score (nSPS) is 12.1. The van der Waals surface area contributed by atoms with Gasteiger partial charge in [-0.2, -0.15) is 0 Å².